The lowest BCUT2D eigenvalue weighted by molar-refractivity contribution is -0.139. The third kappa shape index (κ3) is 5.38. The summed E-state index contributed by atoms with van der Waals surface area (Å²) in [6, 6.07) is 3.03. The lowest BCUT2D eigenvalue weighted by atomic mass is 10.1. The van der Waals surface area contributed by atoms with Crippen LogP contribution in [0.2, 0.25) is 0 Å². The Morgan fingerprint density at radius 2 is 1.97 bits per heavy atom. The molecule has 1 aromatic carbocycles. The molecule has 170 valence electrons. The van der Waals surface area contributed by atoms with E-state index in [9.17, 15) is 22.4 Å². The smallest absolute Gasteiger partial charge is 0.421 e. The zero-order chi connectivity index (χ0) is 23.3. The van der Waals surface area contributed by atoms with Crippen molar-refractivity contribution in [3.8, 4) is 11.6 Å². The van der Waals surface area contributed by atoms with Crippen LogP contribution in [0.15, 0.2) is 36.8 Å². The highest BCUT2D eigenvalue weighted by Crippen LogP contribution is 2.38. The average Bonchev–Trinajstić information content (AvgIpc) is 3.24. The molecule has 0 bridgehead atoms. The van der Waals surface area contributed by atoms with Crippen molar-refractivity contribution in [1.29, 1.82) is 0 Å². The van der Waals surface area contributed by atoms with E-state index in [-0.39, 0.29) is 42.3 Å². The second kappa shape index (κ2) is 9.73. The van der Waals surface area contributed by atoms with E-state index >= 15 is 0 Å². The highest BCUT2D eigenvalue weighted by atomic mass is 19.4. The molecule has 1 atom stereocenters. The second-order valence-corrected chi connectivity index (χ2v) is 6.81. The van der Waals surface area contributed by atoms with Gasteiger partial charge in [0.15, 0.2) is 17.9 Å². The van der Waals surface area contributed by atoms with Crippen LogP contribution in [0.25, 0.3) is 0 Å². The van der Waals surface area contributed by atoms with Gasteiger partial charge < -0.3 is 14.8 Å². The number of benzene rings is 1. The number of aldehydes is 1. The summed E-state index contributed by atoms with van der Waals surface area (Å²) in [6.07, 6.45) is -0.650. The molecular formula is C20H19F4N5O3. The summed E-state index contributed by atoms with van der Waals surface area (Å²) < 4.78 is 65.8. The van der Waals surface area contributed by atoms with Crippen molar-refractivity contribution in [2.75, 3.05) is 19.0 Å². The van der Waals surface area contributed by atoms with Gasteiger partial charge in [-0.25, -0.2) is 9.37 Å². The number of aromatic nitrogens is 4. The number of carbonyl (C=O) groups excluding carboxylic acids is 1. The van der Waals surface area contributed by atoms with Crippen LogP contribution >= 0.6 is 0 Å². The van der Waals surface area contributed by atoms with Gasteiger partial charge in [0, 0.05) is 25.0 Å². The van der Waals surface area contributed by atoms with Crippen molar-refractivity contribution in [3.05, 3.63) is 59.3 Å². The van der Waals surface area contributed by atoms with Gasteiger partial charge in [0.25, 0.3) is 0 Å². The average molecular weight is 453 g/mol. The first-order chi connectivity index (χ1) is 15.2. The zero-order valence-electron chi connectivity index (χ0n) is 17.1. The maximum absolute atomic E-state index is 14.9. The Labute approximate surface area is 180 Å². The molecule has 2 heterocycles. The standard InChI is InChI=1S/C20H19F4N5O3/c1-12(11-31-2)28-16-3-4-17(18(21)14(16)10-30)32-19-15(20(22,23)24)7-13(8-25-19)9-29-26-5-6-27-29/h3-8,10,12,28H,9,11H2,1-2H3/t12-/m0/s1. The number of nitrogens with one attached hydrogen (secondary N) is 1. The van der Waals surface area contributed by atoms with Gasteiger partial charge in [0.1, 0.15) is 5.56 Å². The summed E-state index contributed by atoms with van der Waals surface area (Å²) in [7, 11) is 1.48. The molecular weight excluding hydrogens is 434 g/mol. The summed E-state index contributed by atoms with van der Waals surface area (Å²) >= 11 is 0. The molecule has 0 spiro atoms. The number of halogens is 4. The molecule has 0 aliphatic heterocycles. The van der Waals surface area contributed by atoms with E-state index in [0.717, 1.165) is 18.3 Å². The Bertz CT molecular complexity index is 1070. The minimum atomic E-state index is -4.82. The van der Waals surface area contributed by atoms with E-state index in [4.69, 9.17) is 9.47 Å². The molecule has 32 heavy (non-hydrogen) atoms. The summed E-state index contributed by atoms with van der Waals surface area (Å²) in [5, 5.41) is 10.6. The van der Waals surface area contributed by atoms with Crippen molar-refractivity contribution < 1.29 is 31.8 Å². The largest absolute Gasteiger partial charge is 0.435 e. The maximum atomic E-state index is 14.9. The van der Waals surface area contributed by atoms with E-state index in [1.807, 2.05) is 0 Å². The molecule has 0 saturated carbocycles. The van der Waals surface area contributed by atoms with Gasteiger partial charge in [-0.15, -0.1) is 0 Å². The van der Waals surface area contributed by atoms with Crippen molar-refractivity contribution in [2.24, 2.45) is 0 Å². The molecule has 1 N–H and O–H groups in total. The first kappa shape index (κ1) is 23.1. The normalized spacial score (nSPS) is 12.4. The van der Waals surface area contributed by atoms with Crippen molar-refractivity contribution in [3.63, 3.8) is 0 Å². The third-order valence-electron chi connectivity index (χ3n) is 4.29. The summed E-state index contributed by atoms with van der Waals surface area (Å²) in [6.45, 7) is 1.99. The van der Waals surface area contributed by atoms with E-state index in [1.54, 1.807) is 6.92 Å². The van der Waals surface area contributed by atoms with Gasteiger partial charge in [-0.2, -0.15) is 28.2 Å². The number of rotatable bonds is 9. The lowest BCUT2D eigenvalue weighted by Gasteiger charge is -2.18. The van der Waals surface area contributed by atoms with Crippen molar-refractivity contribution in [2.45, 2.75) is 25.7 Å². The third-order valence-corrected chi connectivity index (χ3v) is 4.29. The van der Waals surface area contributed by atoms with E-state index < -0.39 is 29.2 Å². The van der Waals surface area contributed by atoms with Crippen LogP contribution < -0.4 is 10.1 Å². The second-order valence-electron chi connectivity index (χ2n) is 6.81. The first-order valence-corrected chi connectivity index (χ1v) is 9.34. The molecule has 0 aliphatic rings. The topological polar surface area (TPSA) is 91.2 Å². The minimum absolute atomic E-state index is 0.0486. The predicted octanol–water partition coefficient (Wildman–Crippen LogP) is 3.93. The molecule has 12 heteroatoms. The molecule has 0 aliphatic carbocycles. The van der Waals surface area contributed by atoms with E-state index in [2.05, 4.69) is 20.5 Å². The predicted molar refractivity (Wildman–Crippen MR) is 105 cm³/mol. The van der Waals surface area contributed by atoms with Crippen LogP contribution in [-0.2, 0) is 17.5 Å². The molecule has 0 amide bonds. The Kier molecular flexibility index (Phi) is 7.03. The fourth-order valence-electron chi connectivity index (χ4n) is 2.91. The molecule has 0 radical (unpaired) electrons. The Morgan fingerprint density at radius 3 is 2.59 bits per heavy atom. The number of alkyl halides is 3. The molecule has 3 rings (SSSR count). The van der Waals surface area contributed by atoms with E-state index in [0.29, 0.717) is 0 Å². The van der Waals surface area contributed by atoms with Gasteiger partial charge in [0.2, 0.25) is 5.88 Å². The molecule has 0 fully saturated rings. The molecule has 3 aromatic rings. The number of methoxy groups -OCH3 is 1. The fraction of sp³-hybridized carbons (Fsp3) is 0.300. The molecule has 2 aromatic heterocycles. The number of anilines is 1. The van der Waals surface area contributed by atoms with E-state index in [1.165, 1.54) is 30.4 Å². The first-order valence-electron chi connectivity index (χ1n) is 9.34. The number of hydrogen-bond donors (Lipinski definition) is 1. The Hall–Kier alpha value is -3.54. The monoisotopic (exact) mass is 453 g/mol. The van der Waals surface area contributed by atoms with Crippen molar-refractivity contribution >= 4 is 12.0 Å². The Balaban J connectivity index is 1.92. The van der Waals surface area contributed by atoms with Crippen LogP contribution in [0, 0.1) is 5.82 Å². The lowest BCUT2D eigenvalue weighted by Crippen LogP contribution is -2.22. The minimum Gasteiger partial charge on any atom is -0.435 e. The van der Waals surface area contributed by atoms with Gasteiger partial charge in [-0.3, -0.25) is 4.79 Å². The van der Waals surface area contributed by atoms with Gasteiger partial charge in [-0.1, -0.05) is 0 Å². The van der Waals surface area contributed by atoms with Crippen LogP contribution in [0.1, 0.15) is 28.4 Å². The van der Waals surface area contributed by atoms with Crippen LogP contribution in [-0.4, -0.2) is 46.0 Å². The number of hydrogen-bond acceptors (Lipinski definition) is 7. The summed E-state index contributed by atoms with van der Waals surface area (Å²) in [5.74, 6) is -2.54. The number of carbonyl (C=O) groups is 1. The van der Waals surface area contributed by atoms with Gasteiger partial charge in [0.05, 0.1) is 31.1 Å². The Morgan fingerprint density at radius 1 is 1.25 bits per heavy atom. The zero-order valence-corrected chi connectivity index (χ0v) is 17.1. The SMILES string of the molecule is COC[C@H](C)Nc1ccc(Oc2ncc(Cn3nccn3)cc2C(F)(F)F)c(F)c1C=O. The highest BCUT2D eigenvalue weighted by Gasteiger charge is 2.36. The summed E-state index contributed by atoms with van der Waals surface area (Å²) in [5.41, 5.74) is -1.27. The molecule has 0 saturated heterocycles. The molecule has 8 nitrogen and oxygen atoms in total. The number of nitrogens with zero attached hydrogens (tertiary/aromatic N) is 4. The summed E-state index contributed by atoms with van der Waals surface area (Å²) in [4.78, 5) is 16.3. The van der Waals surface area contributed by atoms with Crippen LogP contribution in [0.3, 0.4) is 0 Å². The quantitative estimate of drug-likeness (QED) is 0.388. The molecule has 0 unspecified atom stereocenters. The van der Waals surface area contributed by atoms with Crippen LogP contribution in [0.5, 0.6) is 11.6 Å². The van der Waals surface area contributed by atoms with Gasteiger partial charge >= 0.3 is 6.18 Å². The fourth-order valence-corrected chi connectivity index (χ4v) is 2.91. The van der Waals surface area contributed by atoms with Crippen molar-refractivity contribution in [1.82, 2.24) is 20.0 Å². The maximum Gasteiger partial charge on any atom is 0.421 e. The number of pyridine rings is 1. The van der Waals surface area contributed by atoms with Gasteiger partial charge in [-0.05, 0) is 30.7 Å². The van der Waals surface area contributed by atoms with Crippen LogP contribution in [0.4, 0.5) is 23.2 Å². The number of ether oxygens (including phenoxy) is 2. The highest BCUT2D eigenvalue weighted by molar-refractivity contribution is 5.85.